The van der Waals surface area contributed by atoms with Gasteiger partial charge in [-0.2, -0.15) is 0 Å². The van der Waals surface area contributed by atoms with Crippen LogP contribution >= 0.6 is 0 Å². The Kier molecular flexibility index (Phi) is 3.89. The van der Waals surface area contributed by atoms with E-state index in [1.54, 1.807) is 6.20 Å². The normalized spacial score (nSPS) is 13.2. The van der Waals surface area contributed by atoms with Gasteiger partial charge in [0.25, 0.3) is 0 Å². The third-order valence-electron chi connectivity index (χ3n) is 4.19. The lowest BCUT2D eigenvalue weighted by atomic mass is 10.0. The Hall–Kier alpha value is -2.86. The van der Waals surface area contributed by atoms with Gasteiger partial charge >= 0.3 is 0 Å². The molecule has 0 bridgehead atoms. The lowest BCUT2D eigenvalue weighted by Crippen LogP contribution is -2.17. The van der Waals surface area contributed by atoms with Crippen LogP contribution in [0.3, 0.4) is 0 Å². The first kappa shape index (κ1) is 15.7. The van der Waals surface area contributed by atoms with E-state index in [1.807, 2.05) is 32.3 Å². The van der Waals surface area contributed by atoms with Crippen LogP contribution in [0.1, 0.15) is 28.5 Å². The van der Waals surface area contributed by atoms with Crippen molar-refractivity contribution in [3.63, 3.8) is 0 Å². The second-order valence-electron chi connectivity index (χ2n) is 6.51. The maximum atomic E-state index is 4.83. The average molecular weight is 332 g/mol. The van der Waals surface area contributed by atoms with Crippen LogP contribution in [0.5, 0.6) is 0 Å². The van der Waals surface area contributed by atoms with Crippen molar-refractivity contribution in [1.29, 1.82) is 0 Å². The molecule has 1 aliphatic rings. The molecule has 0 fully saturated rings. The van der Waals surface area contributed by atoms with Gasteiger partial charge in [0, 0.05) is 11.8 Å². The summed E-state index contributed by atoms with van der Waals surface area (Å²) in [5.41, 5.74) is 5.09. The fraction of sp³-hybridized carbons (Fsp3) is 0.263. The van der Waals surface area contributed by atoms with Gasteiger partial charge in [-0.3, -0.25) is 14.5 Å². The lowest BCUT2D eigenvalue weighted by Gasteiger charge is -2.15. The summed E-state index contributed by atoms with van der Waals surface area (Å²) >= 11 is 0. The summed E-state index contributed by atoms with van der Waals surface area (Å²) in [5.74, 6) is 1.77. The maximum absolute atomic E-state index is 4.83. The summed E-state index contributed by atoms with van der Waals surface area (Å²) in [6.45, 7) is 3.30. The number of hydrogen-bond acceptors (Lipinski definition) is 5. The highest BCUT2D eigenvalue weighted by molar-refractivity contribution is 6.14. The highest BCUT2D eigenvalue weighted by Gasteiger charge is 2.23. The molecule has 25 heavy (non-hydrogen) atoms. The quantitative estimate of drug-likeness (QED) is 0.739. The molecule has 0 saturated carbocycles. The van der Waals surface area contributed by atoms with Gasteiger partial charge in [0.15, 0.2) is 11.6 Å². The van der Waals surface area contributed by atoms with Crippen molar-refractivity contribution in [2.45, 2.75) is 20.0 Å². The van der Waals surface area contributed by atoms with Crippen LogP contribution in [0, 0.1) is 6.92 Å². The molecular formula is C19H20N6. The number of benzene rings is 1. The van der Waals surface area contributed by atoms with Crippen molar-refractivity contribution in [2.24, 2.45) is 4.99 Å². The molecule has 0 spiro atoms. The summed E-state index contributed by atoms with van der Waals surface area (Å²) in [7, 11) is 4.06. The van der Waals surface area contributed by atoms with Crippen LogP contribution in [0.2, 0.25) is 0 Å². The van der Waals surface area contributed by atoms with Gasteiger partial charge in [-0.25, -0.2) is 0 Å². The minimum Gasteiger partial charge on any atom is -0.302 e. The van der Waals surface area contributed by atoms with E-state index in [1.165, 1.54) is 5.56 Å². The minimum absolute atomic E-state index is 0.486. The van der Waals surface area contributed by atoms with Gasteiger partial charge < -0.3 is 4.90 Å². The first-order valence-electron chi connectivity index (χ1n) is 8.28. The Balaban J connectivity index is 1.94. The van der Waals surface area contributed by atoms with E-state index >= 15 is 0 Å². The molecule has 6 heteroatoms. The van der Waals surface area contributed by atoms with Gasteiger partial charge in [-0.15, -0.1) is 10.2 Å². The van der Waals surface area contributed by atoms with Gasteiger partial charge in [-0.05, 0) is 45.3 Å². The third kappa shape index (κ3) is 2.85. The Morgan fingerprint density at radius 1 is 1.12 bits per heavy atom. The summed E-state index contributed by atoms with van der Waals surface area (Å²) < 4.78 is 2.13. The Labute approximate surface area is 146 Å². The van der Waals surface area contributed by atoms with E-state index in [-0.39, 0.29) is 0 Å². The summed E-state index contributed by atoms with van der Waals surface area (Å²) in [4.78, 5) is 11.4. The van der Waals surface area contributed by atoms with Crippen LogP contribution in [-0.4, -0.2) is 44.5 Å². The zero-order chi connectivity index (χ0) is 17.4. The van der Waals surface area contributed by atoms with E-state index in [2.05, 4.69) is 49.8 Å². The first-order valence-corrected chi connectivity index (χ1v) is 8.28. The Bertz CT molecular complexity index is 940. The molecule has 0 unspecified atom stereocenters. The van der Waals surface area contributed by atoms with Gasteiger partial charge in [0.1, 0.15) is 6.54 Å². The Morgan fingerprint density at radius 2 is 2.00 bits per heavy atom. The number of pyridine rings is 1. The first-order chi connectivity index (χ1) is 12.1. The topological polar surface area (TPSA) is 59.2 Å². The van der Waals surface area contributed by atoms with Crippen molar-refractivity contribution < 1.29 is 0 Å². The molecule has 0 N–H and O–H groups in total. The summed E-state index contributed by atoms with van der Waals surface area (Å²) in [6, 6.07) is 12.3. The van der Waals surface area contributed by atoms with Crippen LogP contribution in [-0.2, 0) is 13.1 Å². The van der Waals surface area contributed by atoms with Gasteiger partial charge in [0.05, 0.1) is 23.6 Å². The third-order valence-corrected chi connectivity index (χ3v) is 4.19. The summed E-state index contributed by atoms with van der Waals surface area (Å²) in [6.07, 6.45) is 1.80. The van der Waals surface area contributed by atoms with Gasteiger partial charge in [-0.1, -0.05) is 17.7 Å². The molecule has 3 heterocycles. The molecule has 0 aliphatic carbocycles. The Morgan fingerprint density at radius 3 is 2.76 bits per heavy atom. The smallest absolute Gasteiger partial charge is 0.159 e. The monoisotopic (exact) mass is 332 g/mol. The zero-order valence-electron chi connectivity index (χ0n) is 14.6. The molecule has 0 radical (unpaired) electrons. The largest absolute Gasteiger partial charge is 0.302 e. The molecule has 126 valence electrons. The van der Waals surface area contributed by atoms with Gasteiger partial charge in [0.2, 0.25) is 0 Å². The van der Waals surface area contributed by atoms with Crippen LogP contribution < -0.4 is 0 Å². The van der Waals surface area contributed by atoms with Crippen molar-refractivity contribution in [2.75, 3.05) is 14.1 Å². The number of fused-ring (bicyclic) bond motifs is 3. The van der Waals surface area contributed by atoms with Crippen molar-refractivity contribution in [1.82, 2.24) is 24.6 Å². The van der Waals surface area contributed by atoms with E-state index < -0.39 is 0 Å². The van der Waals surface area contributed by atoms with Crippen LogP contribution in [0.25, 0.3) is 5.69 Å². The number of hydrogen-bond donors (Lipinski definition) is 0. The highest BCUT2D eigenvalue weighted by atomic mass is 15.3. The number of rotatable bonds is 3. The fourth-order valence-corrected chi connectivity index (χ4v) is 3.11. The predicted octanol–water partition coefficient (Wildman–Crippen LogP) is 2.38. The molecule has 2 aromatic heterocycles. The predicted molar refractivity (Wildman–Crippen MR) is 97.1 cm³/mol. The SMILES string of the molecule is Cc1ccc2c(c1)C(c1ccccn1)=NCc1nnc(CN(C)C)n1-2. The maximum Gasteiger partial charge on any atom is 0.159 e. The number of aliphatic imine (C=N–C) groups is 1. The van der Waals surface area contributed by atoms with E-state index in [4.69, 9.17) is 4.99 Å². The van der Waals surface area contributed by atoms with E-state index in [9.17, 15) is 0 Å². The van der Waals surface area contributed by atoms with E-state index in [0.29, 0.717) is 6.54 Å². The zero-order valence-corrected chi connectivity index (χ0v) is 14.6. The molecular weight excluding hydrogens is 312 g/mol. The number of aromatic nitrogens is 4. The van der Waals surface area contributed by atoms with Crippen molar-refractivity contribution in [3.8, 4) is 5.69 Å². The molecule has 1 aliphatic heterocycles. The molecule has 1 aromatic carbocycles. The van der Waals surface area contributed by atoms with E-state index in [0.717, 1.165) is 40.9 Å². The standard InChI is InChI=1S/C19H20N6/c1-13-7-8-16-14(10-13)19(15-6-4-5-9-20-15)21-11-17-22-23-18(25(16)17)12-24(2)3/h4-10H,11-12H2,1-3H3. The van der Waals surface area contributed by atoms with Crippen molar-refractivity contribution >= 4 is 5.71 Å². The second kappa shape index (κ2) is 6.22. The lowest BCUT2D eigenvalue weighted by molar-refractivity contribution is 0.387. The molecule has 0 atom stereocenters. The molecule has 4 rings (SSSR count). The fourth-order valence-electron chi connectivity index (χ4n) is 3.11. The highest BCUT2D eigenvalue weighted by Crippen LogP contribution is 2.26. The van der Waals surface area contributed by atoms with Crippen LogP contribution in [0.4, 0.5) is 0 Å². The number of nitrogens with zero attached hydrogens (tertiary/aromatic N) is 6. The van der Waals surface area contributed by atoms with Crippen molar-refractivity contribution in [3.05, 3.63) is 71.1 Å². The number of aryl methyl sites for hydroxylation is 1. The molecule has 0 saturated heterocycles. The van der Waals surface area contributed by atoms with Crippen LogP contribution in [0.15, 0.2) is 47.6 Å². The molecule has 0 amide bonds. The molecule has 3 aromatic rings. The summed E-state index contributed by atoms with van der Waals surface area (Å²) in [5, 5.41) is 8.76. The second-order valence-corrected chi connectivity index (χ2v) is 6.51. The minimum atomic E-state index is 0.486. The molecule has 6 nitrogen and oxygen atoms in total. The average Bonchev–Trinajstić information content (AvgIpc) is 2.90.